The fourth-order valence-corrected chi connectivity index (χ4v) is 3.28. The largest absolute Gasteiger partial charge is 0.416 e. The van der Waals surface area contributed by atoms with Crippen molar-refractivity contribution in [2.75, 3.05) is 20.1 Å². The van der Waals surface area contributed by atoms with Crippen LogP contribution in [0.25, 0.3) is 5.57 Å². The molecule has 1 saturated heterocycles. The van der Waals surface area contributed by atoms with Crippen LogP contribution >= 0.6 is 0 Å². The van der Waals surface area contributed by atoms with Crippen LogP contribution < -0.4 is 16.2 Å². The van der Waals surface area contributed by atoms with E-state index in [2.05, 4.69) is 10.4 Å². The number of benzene rings is 1. The predicted molar refractivity (Wildman–Crippen MR) is 105 cm³/mol. The normalized spacial score (nSPS) is 19.8. The molecule has 1 unspecified atom stereocenters. The lowest BCUT2D eigenvalue weighted by Gasteiger charge is -2.20. The van der Waals surface area contributed by atoms with E-state index >= 15 is 0 Å². The van der Waals surface area contributed by atoms with Crippen LogP contribution in [0.4, 0.5) is 13.2 Å². The zero-order valence-corrected chi connectivity index (χ0v) is 16.3. The molecule has 1 aliphatic heterocycles. The van der Waals surface area contributed by atoms with Gasteiger partial charge >= 0.3 is 6.18 Å². The quantitative estimate of drug-likeness (QED) is 0.584. The van der Waals surface area contributed by atoms with Gasteiger partial charge in [-0.3, -0.25) is 4.79 Å². The van der Waals surface area contributed by atoms with Crippen molar-refractivity contribution in [3.8, 4) is 0 Å². The van der Waals surface area contributed by atoms with Gasteiger partial charge in [0.25, 0.3) is 5.56 Å². The first-order valence-corrected chi connectivity index (χ1v) is 9.41. The first kappa shape index (κ1) is 21.9. The van der Waals surface area contributed by atoms with Crippen LogP contribution in [0.3, 0.4) is 0 Å². The Balaban J connectivity index is 1.71. The van der Waals surface area contributed by atoms with E-state index in [0.29, 0.717) is 29.8 Å². The molecule has 1 aliphatic rings. The van der Waals surface area contributed by atoms with Gasteiger partial charge in [0.1, 0.15) is 6.20 Å². The van der Waals surface area contributed by atoms with Crippen molar-refractivity contribution in [3.05, 3.63) is 69.8 Å². The zero-order valence-electron chi connectivity index (χ0n) is 16.3. The second-order valence-electron chi connectivity index (χ2n) is 6.90. The molecular weight excluding hydrogens is 399 g/mol. The molecule has 0 spiro atoms. The standard InChI is InChI=1S/C20H22F3N5O2/c1-25-8-15(7-24)14-6-19(29)28(27-9-14)17-10-26-11-18(17)30-12-13-2-4-16(5-3-13)20(21,22)23/h2-9,17-18,24-26H,10-12H2,1H3/p+1/b15-8+,24-7?/t17-,18?/m1/s1. The number of nitrogens with one attached hydrogen (secondary N) is 2. The predicted octanol–water partition coefficient (Wildman–Crippen LogP) is 1.18. The van der Waals surface area contributed by atoms with Gasteiger partial charge in [-0.05, 0) is 17.7 Å². The Kier molecular flexibility index (Phi) is 6.80. The maximum absolute atomic E-state index is 12.7. The molecule has 0 saturated carbocycles. The van der Waals surface area contributed by atoms with Crippen molar-refractivity contribution < 1.29 is 23.2 Å². The Morgan fingerprint density at radius 1 is 1.37 bits per heavy atom. The molecule has 0 amide bonds. The van der Waals surface area contributed by atoms with E-state index in [0.717, 1.165) is 18.3 Å². The maximum Gasteiger partial charge on any atom is 0.416 e. The topological polar surface area (TPSA) is 96.6 Å². The molecule has 1 aromatic carbocycles. The minimum atomic E-state index is -4.37. The van der Waals surface area contributed by atoms with Crippen molar-refractivity contribution in [1.82, 2.24) is 15.1 Å². The van der Waals surface area contributed by atoms with E-state index < -0.39 is 11.7 Å². The van der Waals surface area contributed by atoms with Crippen molar-refractivity contribution >= 4 is 11.8 Å². The van der Waals surface area contributed by atoms with Crippen LogP contribution in [0, 0.1) is 5.41 Å². The van der Waals surface area contributed by atoms with Crippen LogP contribution in [0.1, 0.15) is 22.7 Å². The van der Waals surface area contributed by atoms with Gasteiger partial charge in [0.15, 0.2) is 0 Å². The van der Waals surface area contributed by atoms with E-state index in [9.17, 15) is 18.0 Å². The molecule has 0 radical (unpaired) electrons. The molecule has 2 heterocycles. The molecule has 2 aromatic rings. The summed E-state index contributed by atoms with van der Waals surface area (Å²) in [6, 6.07) is 5.90. The number of aromatic nitrogens is 2. The Hall–Kier alpha value is -2.82. The number of ether oxygens (including phenoxy) is 1. The Morgan fingerprint density at radius 3 is 2.70 bits per heavy atom. The first-order chi connectivity index (χ1) is 14.3. The van der Waals surface area contributed by atoms with Gasteiger partial charge in [-0.25, -0.2) is 4.68 Å². The molecule has 1 fully saturated rings. The summed E-state index contributed by atoms with van der Waals surface area (Å²) in [7, 11) is 1.82. The van der Waals surface area contributed by atoms with E-state index in [1.807, 2.05) is 7.05 Å². The van der Waals surface area contributed by atoms with Gasteiger partial charge in [-0.15, -0.1) is 0 Å². The van der Waals surface area contributed by atoms with Gasteiger partial charge in [-0.1, -0.05) is 12.1 Å². The molecular formula is C20H23F3N5O2+. The lowest BCUT2D eigenvalue weighted by Crippen LogP contribution is -2.72. The van der Waals surface area contributed by atoms with Crippen LogP contribution in [0.15, 0.2) is 47.5 Å². The number of halogens is 3. The summed E-state index contributed by atoms with van der Waals surface area (Å²) < 4.78 is 45.2. The van der Waals surface area contributed by atoms with Crippen molar-refractivity contribution in [3.63, 3.8) is 0 Å². The number of hydrogen-bond acceptors (Lipinski definition) is 5. The van der Waals surface area contributed by atoms with Gasteiger partial charge in [0, 0.05) is 30.9 Å². The Bertz CT molecular complexity index is 970. The van der Waals surface area contributed by atoms with Gasteiger partial charge in [0.05, 0.1) is 43.1 Å². The van der Waals surface area contributed by atoms with E-state index in [-0.39, 0.29) is 24.3 Å². The highest BCUT2D eigenvalue weighted by molar-refractivity contribution is 6.07. The van der Waals surface area contributed by atoms with Gasteiger partial charge in [0.2, 0.25) is 0 Å². The second-order valence-corrected chi connectivity index (χ2v) is 6.90. The van der Waals surface area contributed by atoms with Crippen LogP contribution in [-0.2, 0) is 17.5 Å². The lowest BCUT2D eigenvalue weighted by atomic mass is 10.1. The molecule has 7 nitrogen and oxygen atoms in total. The van der Waals surface area contributed by atoms with Crippen LogP contribution in [-0.4, -0.2) is 42.2 Å². The van der Waals surface area contributed by atoms with Gasteiger partial charge in [-0.2, -0.15) is 18.3 Å². The third-order valence-corrected chi connectivity index (χ3v) is 4.85. The van der Waals surface area contributed by atoms with Crippen molar-refractivity contribution in [2.45, 2.75) is 24.9 Å². The molecule has 0 aliphatic carbocycles. The smallest absolute Gasteiger partial charge is 0.370 e. The number of allylic oxidation sites excluding steroid dienone is 1. The first-order valence-electron chi connectivity index (χ1n) is 9.41. The third-order valence-electron chi connectivity index (χ3n) is 4.85. The van der Waals surface area contributed by atoms with Crippen LogP contribution in [0.5, 0.6) is 0 Å². The summed E-state index contributed by atoms with van der Waals surface area (Å²) in [4.78, 5) is 12.6. The highest BCUT2D eigenvalue weighted by Gasteiger charge is 2.32. The molecule has 160 valence electrons. The fourth-order valence-electron chi connectivity index (χ4n) is 3.28. The van der Waals surface area contributed by atoms with Crippen molar-refractivity contribution in [2.24, 2.45) is 0 Å². The summed E-state index contributed by atoms with van der Waals surface area (Å²) in [5.74, 6) is 0. The average molecular weight is 422 g/mol. The molecule has 0 bridgehead atoms. The van der Waals surface area contributed by atoms with Gasteiger partial charge < -0.3 is 20.8 Å². The number of hydrogen-bond donors (Lipinski definition) is 3. The van der Waals surface area contributed by atoms with Crippen LogP contribution in [0.2, 0.25) is 0 Å². The maximum atomic E-state index is 12.7. The molecule has 30 heavy (non-hydrogen) atoms. The molecule has 4 N–H and O–H groups in total. The summed E-state index contributed by atoms with van der Waals surface area (Å²) in [5.41, 5.74) is 0.724. The highest BCUT2D eigenvalue weighted by Crippen LogP contribution is 2.29. The third kappa shape index (κ3) is 5.02. The number of alkyl halides is 3. The Morgan fingerprint density at radius 2 is 2.10 bits per heavy atom. The summed E-state index contributed by atoms with van der Waals surface area (Å²) in [6.07, 6.45) is -0.312. The fraction of sp³-hybridized carbons (Fsp3) is 0.350. The van der Waals surface area contributed by atoms with Crippen molar-refractivity contribution in [1.29, 1.82) is 5.41 Å². The molecule has 10 heteroatoms. The zero-order chi connectivity index (χ0) is 21.7. The van der Waals surface area contributed by atoms with E-state index in [1.165, 1.54) is 29.1 Å². The van der Waals surface area contributed by atoms with E-state index in [4.69, 9.17) is 10.1 Å². The molecule has 3 rings (SSSR count). The monoisotopic (exact) mass is 422 g/mol. The number of rotatable bonds is 7. The number of nitrogens with two attached hydrogens (primary N) is 1. The lowest BCUT2D eigenvalue weighted by molar-refractivity contribution is -0.555. The van der Waals surface area contributed by atoms with E-state index in [1.54, 1.807) is 11.5 Å². The summed E-state index contributed by atoms with van der Waals surface area (Å²) in [5, 5.41) is 16.7. The second kappa shape index (κ2) is 9.33. The molecule has 1 aromatic heterocycles. The number of quaternary nitrogens is 1. The average Bonchev–Trinajstić information content (AvgIpc) is 3.18. The summed E-state index contributed by atoms with van der Waals surface area (Å²) >= 11 is 0. The minimum absolute atomic E-state index is 0.126. The Labute approximate surface area is 171 Å². The molecule has 2 atom stereocenters. The summed E-state index contributed by atoms with van der Waals surface area (Å²) in [6.45, 7) is 1.11. The number of nitrogens with zero attached hydrogens (tertiary/aromatic N) is 2. The highest BCUT2D eigenvalue weighted by atomic mass is 19.4. The minimum Gasteiger partial charge on any atom is -0.370 e. The SMILES string of the molecule is C[NH2+]/C=C(\C=N)c1cnn([C@@H]2CNCC2OCc2ccc(C(F)(F)F)cc2)c(=O)c1.